The molecule has 0 aliphatic heterocycles. The largest absolute Gasteiger partial charge is 0.453 e. The van der Waals surface area contributed by atoms with Crippen molar-refractivity contribution >= 4 is 10.0 Å². The van der Waals surface area contributed by atoms with Gasteiger partial charge in [-0.15, -0.1) is 5.10 Å². The molecule has 3 heterocycles. The van der Waals surface area contributed by atoms with Gasteiger partial charge in [-0.25, -0.2) is 28.2 Å². The van der Waals surface area contributed by atoms with Crippen LogP contribution in [0.3, 0.4) is 0 Å². The fourth-order valence-corrected chi connectivity index (χ4v) is 2.42. The topological polar surface area (TPSA) is 117 Å². The van der Waals surface area contributed by atoms with Crippen LogP contribution in [0.25, 0.3) is 17.1 Å². The Kier molecular flexibility index (Phi) is 4.00. The van der Waals surface area contributed by atoms with Gasteiger partial charge in [0.2, 0.25) is 0 Å². The number of sulfonamides is 1. The molecule has 8 nitrogen and oxygen atoms in total. The SMILES string of the molecule is NS(=O)(=O)c1ccc(-n2nc(C(F)(F)F)nc2-c2cccnc2)cn1. The van der Waals surface area contributed by atoms with Gasteiger partial charge in [-0.3, -0.25) is 4.98 Å². The molecule has 0 saturated heterocycles. The average molecular weight is 370 g/mol. The first-order valence-electron chi connectivity index (χ1n) is 6.60. The number of hydrogen-bond donors (Lipinski definition) is 1. The Balaban J connectivity index is 2.16. The molecule has 0 aliphatic carbocycles. The third-order valence-electron chi connectivity index (χ3n) is 3.04. The quantitative estimate of drug-likeness (QED) is 0.745. The van der Waals surface area contributed by atoms with Crippen LogP contribution in [0.5, 0.6) is 0 Å². The summed E-state index contributed by atoms with van der Waals surface area (Å²) in [7, 11) is -4.03. The van der Waals surface area contributed by atoms with Crippen LogP contribution >= 0.6 is 0 Å². The van der Waals surface area contributed by atoms with E-state index in [1.807, 2.05) is 0 Å². The van der Waals surface area contributed by atoms with Gasteiger partial charge in [0.15, 0.2) is 10.9 Å². The van der Waals surface area contributed by atoms with Gasteiger partial charge in [-0.2, -0.15) is 13.2 Å². The highest BCUT2D eigenvalue weighted by Crippen LogP contribution is 2.30. The van der Waals surface area contributed by atoms with Crippen LogP contribution in [0.1, 0.15) is 5.82 Å². The van der Waals surface area contributed by atoms with E-state index >= 15 is 0 Å². The lowest BCUT2D eigenvalue weighted by Crippen LogP contribution is -2.14. The minimum atomic E-state index is -4.75. The maximum Gasteiger partial charge on any atom is 0.453 e. The summed E-state index contributed by atoms with van der Waals surface area (Å²) in [5.41, 5.74) is 0.371. The maximum absolute atomic E-state index is 13.0. The molecule has 0 bridgehead atoms. The monoisotopic (exact) mass is 370 g/mol. The van der Waals surface area contributed by atoms with E-state index in [9.17, 15) is 21.6 Å². The van der Waals surface area contributed by atoms with Crippen molar-refractivity contribution in [3.05, 3.63) is 48.7 Å². The Morgan fingerprint density at radius 2 is 1.88 bits per heavy atom. The zero-order chi connectivity index (χ0) is 18.2. The van der Waals surface area contributed by atoms with Crippen LogP contribution in [0, 0.1) is 0 Å². The van der Waals surface area contributed by atoms with E-state index < -0.39 is 27.0 Å². The van der Waals surface area contributed by atoms with Crippen LogP contribution < -0.4 is 5.14 Å². The predicted molar refractivity (Wildman–Crippen MR) is 78.8 cm³/mol. The summed E-state index contributed by atoms with van der Waals surface area (Å²) in [6, 6.07) is 5.33. The summed E-state index contributed by atoms with van der Waals surface area (Å²) in [6.45, 7) is 0. The molecule has 0 fully saturated rings. The number of aromatic nitrogens is 5. The number of nitrogens with zero attached hydrogens (tertiary/aromatic N) is 5. The number of pyridine rings is 2. The van der Waals surface area contributed by atoms with Crippen LogP contribution in [-0.4, -0.2) is 33.2 Å². The normalized spacial score (nSPS) is 12.3. The summed E-state index contributed by atoms with van der Waals surface area (Å²) in [5.74, 6) is -1.47. The van der Waals surface area contributed by atoms with Crippen molar-refractivity contribution in [2.45, 2.75) is 11.2 Å². The number of primary sulfonamides is 1. The summed E-state index contributed by atoms with van der Waals surface area (Å²) >= 11 is 0. The van der Waals surface area contributed by atoms with Gasteiger partial charge in [-0.1, -0.05) is 0 Å². The second-order valence-corrected chi connectivity index (χ2v) is 6.32. The molecular formula is C13H9F3N6O2S. The predicted octanol–water partition coefficient (Wildman–Crippen LogP) is 1.39. The van der Waals surface area contributed by atoms with E-state index in [0.29, 0.717) is 5.56 Å². The van der Waals surface area contributed by atoms with Crippen LogP contribution in [0.15, 0.2) is 47.9 Å². The average Bonchev–Trinajstić information content (AvgIpc) is 3.00. The molecule has 0 aliphatic rings. The molecule has 2 N–H and O–H groups in total. The van der Waals surface area contributed by atoms with E-state index in [2.05, 4.69) is 20.1 Å². The first kappa shape index (κ1) is 17.0. The third-order valence-corrected chi connectivity index (χ3v) is 3.86. The molecule has 0 aromatic carbocycles. The lowest BCUT2D eigenvalue weighted by Gasteiger charge is -2.06. The summed E-state index contributed by atoms with van der Waals surface area (Å²) in [6.07, 6.45) is -0.936. The first-order valence-corrected chi connectivity index (χ1v) is 8.15. The van der Waals surface area contributed by atoms with E-state index in [-0.39, 0.29) is 11.5 Å². The van der Waals surface area contributed by atoms with Gasteiger partial charge in [0, 0.05) is 18.0 Å². The molecule has 0 radical (unpaired) electrons. The van der Waals surface area contributed by atoms with Crippen molar-refractivity contribution in [3.63, 3.8) is 0 Å². The minimum absolute atomic E-state index is 0.0780. The number of nitrogens with two attached hydrogens (primary N) is 1. The number of halogens is 3. The van der Waals surface area contributed by atoms with Crippen LogP contribution in [0.2, 0.25) is 0 Å². The Bertz CT molecular complexity index is 1000. The van der Waals surface area contributed by atoms with E-state index in [0.717, 1.165) is 16.9 Å². The van der Waals surface area contributed by atoms with Gasteiger partial charge >= 0.3 is 6.18 Å². The lowest BCUT2D eigenvalue weighted by atomic mass is 10.2. The molecule has 0 unspecified atom stereocenters. The second-order valence-electron chi connectivity index (χ2n) is 4.81. The zero-order valence-electron chi connectivity index (χ0n) is 12.2. The van der Waals surface area contributed by atoms with E-state index in [1.54, 1.807) is 0 Å². The fourth-order valence-electron chi connectivity index (χ4n) is 1.96. The molecule has 3 aromatic heterocycles. The molecule has 25 heavy (non-hydrogen) atoms. The highest BCUT2D eigenvalue weighted by atomic mass is 32.2. The second kappa shape index (κ2) is 5.89. The number of hydrogen-bond acceptors (Lipinski definition) is 6. The lowest BCUT2D eigenvalue weighted by molar-refractivity contribution is -0.144. The molecule has 0 atom stereocenters. The summed E-state index contributed by atoms with van der Waals surface area (Å²) in [4.78, 5) is 11.0. The van der Waals surface area contributed by atoms with Crippen molar-refractivity contribution < 1.29 is 21.6 Å². The van der Waals surface area contributed by atoms with Gasteiger partial charge in [0.05, 0.1) is 11.9 Å². The van der Waals surface area contributed by atoms with Gasteiger partial charge < -0.3 is 0 Å². The molecule has 0 spiro atoms. The maximum atomic E-state index is 13.0. The Morgan fingerprint density at radius 1 is 1.12 bits per heavy atom. The van der Waals surface area contributed by atoms with Crippen molar-refractivity contribution in [3.8, 4) is 17.1 Å². The van der Waals surface area contributed by atoms with Gasteiger partial charge in [0.1, 0.15) is 0 Å². The smallest absolute Gasteiger partial charge is 0.264 e. The third kappa shape index (κ3) is 3.49. The van der Waals surface area contributed by atoms with E-state index in [4.69, 9.17) is 5.14 Å². The van der Waals surface area contributed by atoms with Crippen molar-refractivity contribution in [1.82, 2.24) is 24.7 Å². The van der Waals surface area contributed by atoms with Gasteiger partial charge in [0.25, 0.3) is 15.8 Å². The summed E-state index contributed by atoms with van der Waals surface area (Å²) < 4.78 is 62.3. The molecule has 3 aromatic rings. The highest BCUT2D eigenvalue weighted by molar-refractivity contribution is 7.89. The standard InChI is InChI=1S/C13H9F3N6O2S/c14-13(15,16)12-20-11(8-2-1-5-18-6-8)22(21-12)9-3-4-10(19-7-9)25(17,23)24/h1-7H,(H2,17,23,24). The summed E-state index contributed by atoms with van der Waals surface area (Å²) in [5, 5.41) is 7.98. The molecule has 12 heteroatoms. The molecule has 0 saturated carbocycles. The zero-order valence-corrected chi connectivity index (χ0v) is 13.0. The Morgan fingerprint density at radius 3 is 2.40 bits per heavy atom. The number of alkyl halides is 3. The fraction of sp³-hybridized carbons (Fsp3) is 0.0769. The van der Waals surface area contributed by atoms with Crippen molar-refractivity contribution in [2.24, 2.45) is 5.14 Å². The number of rotatable bonds is 3. The first-order chi connectivity index (χ1) is 11.7. The van der Waals surface area contributed by atoms with Gasteiger partial charge in [-0.05, 0) is 24.3 Å². The molecule has 3 rings (SSSR count). The Labute approximate surface area is 139 Å². The van der Waals surface area contributed by atoms with Crippen LogP contribution in [0.4, 0.5) is 13.2 Å². The minimum Gasteiger partial charge on any atom is -0.264 e. The highest BCUT2D eigenvalue weighted by Gasteiger charge is 2.37. The van der Waals surface area contributed by atoms with E-state index in [1.165, 1.54) is 30.6 Å². The molecular weight excluding hydrogens is 361 g/mol. The molecule has 130 valence electrons. The van der Waals surface area contributed by atoms with Crippen LogP contribution in [-0.2, 0) is 16.2 Å². The molecule has 0 amide bonds. The Hall–Kier alpha value is -2.86. The van der Waals surface area contributed by atoms with Crippen molar-refractivity contribution in [2.75, 3.05) is 0 Å². The van der Waals surface area contributed by atoms with Crippen molar-refractivity contribution in [1.29, 1.82) is 0 Å².